The second-order valence-electron chi connectivity index (χ2n) is 4.91. The molecule has 2 atom stereocenters. The summed E-state index contributed by atoms with van der Waals surface area (Å²) in [5.41, 5.74) is 0.0875. The van der Waals surface area contributed by atoms with Crippen LogP contribution in [0, 0.1) is 11.6 Å². The van der Waals surface area contributed by atoms with Crippen LogP contribution in [-0.4, -0.2) is 41.4 Å². The summed E-state index contributed by atoms with van der Waals surface area (Å²) in [6, 6.07) is 3.88. The fraction of sp³-hybridized carbons (Fsp3) is 0.500. The number of nitrogens with zero attached hydrogens (tertiary/aromatic N) is 1. The summed E-state index contributed by atoms with van der Waals surface area (Å²) in [4.78, 5) is 13.8. The number of alkyl halides is 1. The third-order valence-electron chi connectivity index (χ3n) is 3.22. The molecule has 1 amide bonds. The Hall–Kier alpha value is -1.01. The van der Waals surface area contributed by atoms with Crippen LogP contribution in [0.25, 0.3) is 0 Å². The topological polar surface area (TPSA) is 29.5 Å². The maximum Gasteiger partial charge on any atom is 0.227 e. The molecule has 0 bridgehead atoms. The van der Waals surface area contributed by atoms with E-state index < -0.39 is 11.6 Å². The summed E-state index contributed by atoms with van der Waals surface area (Å²) in [5, 5.41) is 0.634. The second kappa shape index (κ2) is 6.63. The Labute approximate surface area is 125 Å². The van der Waals surface area contributed by atoms with Gasteiger partial charge in [-0.15, -0.1) is 0 Å². The van der Waals surface area contributed by atoms with Gasteiger partial charge in [0.15, 0.2) is 11.6 Å². The number of carbonyl (C=O) groups excluding carboxylic acids is 1. The average molecular weight is 348 g/mol. The lowest BCUT2D eigenvalue weighted by atomic mass is 10.1. The minimum Gasteiger partial charge on any atom is -0.371 e. The Balaban J connectivity index is 2.06. The number of benzene rings is 1. The van der Waals surface area contributed by atoms with Gasteiger partial charge in [0, 0.05) is 24.0 Å². The molecule has 0 spiro atoms. The molecule has 0 N–H and O–H groups in total. The van der Waals surface area contributed by atoms with Crippen LogP contribution in [0.15, 0.2) is 18.2 Å². The molecule has 0 radical (unpaired) electrons. The monoisotopic (exact) mass is 347 g/mol. The third-order valence-corrected chi connectivity index (χ3v) is 3.95. The minimum absolute atomic E-state index is 0.0624. The molecule has 110 valence electrons. The number of rotatable bonds is 3. The van der Waals surface area contributed by atoms with Gasteiger partial charge in [-0.3, -0.25) is 4.79 Å². The van der Waals surface area contributed by atoms with Gasteiger partial charge in [-0.2, -0.15) is 0 Å². The summed E-state index contributed by atoms with van der Waals surface area (Å²) < 4.78 is 32.3. The lowest BCUT2D eigenvalue weighted by molar-refractivity contribution is -0.142. The molecule has 0 aliphatic carbocycles. The molecule has 2 rings (SSSR count). The second-order valence-corrected chi connectivity index (χ2v) is 5.56. The molecule has 1 aromatic rings. The fourth-order valence-electron chi connectivity index (χ4n) is 2.29. The quantitative estimate of drug-likeness (QED) is 0.786. The van der Waals surface area contributed by atoms with E-state index in [-0.39, 0.29) is 30.1 Å². The molecule has 1 aliphatic rings. The molecular weight excluding hydrogens is 332 g/mol. The predicted octanol–water partition coefficient (Wildman–Crippen LogP) is 2.52. The number of hydrogen-bond donors (Lipinski definition) is 0. The van der Waals surface area contributed by atoms with E-state index in [1.165, 1.54) is 12.1 Å². The number of morpholine rings is 1. The predicted molar refractivity (Wildman–Crippen MR) is 74.8 cm³/mol. The lowest BCUT2D eigenvalue weighted by Crippen LogP contribution is -2.50. The van der Waals surface area contributed by atoms with Crippen molar-refractivity contribution in [2.45, 2.75) is 25.6 Å². The number of ether oxygens (including phenoxy) is 1. The van der Waals surface area contributed by atoms with Gasteiger partial charge in [0.1, 0.15) is 0 Å². The Kier molecular flexibility index (Phi) is 5.10. The van der Waals surface area contributed by atoms with E-state index in [4.69, 9.17) is 4.74 Å². The molecule has 1 saturated heterocycles. The lowest BCUT2D eigenvalue weighted by Gasteiger charge is -2.36. The summed E-state index contributed by atoms with van der Waals surface area (Å²) in [6.45, 7) is 2.82. The van der Waals surface area contributed by atoms with Crippen LogP contribution >= 0.6 is 15.9 Å². The number of carbonyl (C=O) groups is 1. The van der Waals surface area contributed by atoms with Crippen molar-refractivity contribution in [3.8, 4) is 0 Å². The standard InChI is InChI=1S/C14H16BrF2NO2/c1-9-7-18(8-11(6-15)20-9)13(19)5-10-3-2-4-12(16)14(10)17/h2-4,9,11H,5-8H2,1H3. The van der Waals surface area contributed by atoms with Crippen molar-refractivity contribution in [3.05, 3.63) is 35.4 Å². The highest BCUT2D eigenvalue weighted by atomic mass is 79.9. The van der Waals surface area contributed by atoms with Gasteiger partial charge < -0.3 is 9.64 Å². The van der Waals surface area contributed by atoms with Gasteiger partial charge in [-0.1, -0.05) is 28.1 Å². The highest BCUT2D eigenvalue weighted by molar-refractivity contribution is 9.09. The smallest absolute Gasteiger partial charge is 0.227 e. The fourth-order valence-corrected chi connectivity index (χ4v) is 2.65. The van der Waals surface area contributed by atoms with Gasteiger partial charge >= 0.3 is 0 Å². The third kappa shape index (κ3) is 3.55. The van der Waals surface area contributed by atoms with E-state index in [1.54, 1.807) is 4.90 Å². The van der Waals surface area contributed by atoms with Crippen LogP contribution in [0.4, 0.5) is 8.78 Å². The van der Waals surface area contributed by atoms with Crippen molar-refractivity contribution < 1.29 is 18.3 Å². The van der Waals surface area contributed by atoms with E-state index in [2.05, 4.69) is 15.9 Å². The van der Waals surface area contributed by atoms with Crippen LogP contribution in [0.5, 0.6) is 0 Å². The molecule has 2 unspecified atom stereocenters. The Bertz CT molecular complexity index is 498. The van der Waals surface area contributed by atoms with E-state index in [0.29, 0.717) is 18.4 Å². The molecule has 1 aromatic carbocycles. The normalized spacial score (nSPS) is 22.9. The number of halogens is 3. The molecule has 1 aliphatic heterocycles. The van der Waals surface area contributed by atoms with Crippen LogP contribution in [0.3, 0.4) is 0 Å². The van der Waals surface area contributed by atoms with Gasteiger partial charge in [0.05, 0.1) is 18.6 Å². The minimum atomic E-state index is -0.945. The molecule has 0 aromatic heterocycles. The van der Waals surface area contributed by atoms with Crippen LogP contribution in [0.2, 0.25) is 0 Å². The Morgan fingerprint density at radius 3 is 2.90 bits per heavy atom. The van der Waals surface area contributed by atoms with Crippen LogP contribution in [0.1, 0.15) is 12.5 Å². The van der Waals surface area contributed by atoms with Crippen molar-refractivity contribution >= 4 is 21.8 Å². The zero-order chi connectivity index (χ0) is 14.7. The number of hydrogen-bond acceptors (Lipinski definition) is 2. The van der Waals surface area contributed by atoms with Gasteiger partial charge in [-0.05, 0) is 13.0 Å². The SMILES string of the molecule is CC1CN(C(=O)Cc2cccc(F)c2F)CC(CBr)O1. The van der Waals surface area contributed by atoms with Crippen molar-refractivity contribution in [2.75, 3.05) is 18.4 Å². The van der Waals surface area contributed by atoms with Crippen molar-refractivity contribution in [2.24, 2.45) is 0 Å². The van der Waals surface area contributed by atoms with Crippen LogP contribution in [-0.2, 0) is 16.0 Å². The maximum atomic E-state index is 13.6. The first-order chi connectivity index (χ1) is 9.51. The Morgan fingerprint density at radius 2 is 2.20 bits per heavy atom. The highest BCUT2D eigenvalue weighted by Crippen LogP contribution is 2.17. The summed E-state index contributed by atoms with van der Waals surface area (Å²) >= 11 is 3.33. The molecule has 0 saturated carbocycles. The highest BCUT2D eigenvalue weighted by Gasteiger charge is 2.28. The summed E-state index contributed by atoms with van der Waals surface area (Å²) in [7, 11) is 0. The number of amides is 1. The van der Waals surface area contributed by atoms with Crippen molar-refractivity contribution in [3.63, 3.8) is 0 Å². The summed E-state index contributed by atoms with van der Waals surface area (Å²) in [6.07, 6.45) is -0.265. The zero-order valence-electron chi connectivity index (χ0n) is 11.1. The largest absolute Gasteiger partial charge is 0.371 e. The molecular formula is C14H16BrF2NO2. The first-order valence-electron chi connectivity index (χ1n) is 6.43. The molecule has 1 fully saturated rings. The van der Waals surface area contributed by atoms with Gasteiger partial charge in [0.2, 0.25) is 5.91 Å². The zero-order valence-corrected chi connectivity index (χ0v) is 12.7. The van der Waals surface area contributed by atoms with E-state index in [1.807, 2.05) is 6.92 Å². The van der Waals surface area contributed by atoms with Gasteiger partial charge in [0.25, 0.3) is 0 Å². The maximum absolute atomic E-state index is 13.6. The van der Waals surface area contributed by atoms with Crippen molar-refractivity contribution in [1.82, 2.24) is 4.90 Å². The first-order valence-corrected chi connectivity index (χ1v) is 7.55. The molecule has 3 nitrogen and oxygen atoms in total. The van der Waals surface area contributed by atoms with E-state index in [9.17, 15) is 13.6 Å². The Morgan fingerprint density at radius 1 is 1.45 bits per heavy atom. The van der Waals surface area contributed by atoms with Crippen LogP contribution < -0.4 is 0 Å². The molecule has 20 heavy (non-hydrogen) atoms. The van der Waals surface area contributed by atoms with Crippen molar-refractivity contribution in [1.29, 1.82) is 0 Å². The summed E-state index contributed by atoms with van der Waals surface area (Å²) in [5.74, 6) is -2.08. The molecule has 6 heteroatoms. The van der Waals surface area contributed by atoms with E-state index >= 15 is 0 Å². The molecule has 1 heterocycles. The van der Waals surface area contributed by atoms with E-state index in [0.717, 1.165) is 6.07 Å². The van der Waals surface area contributed by atoms with Gasteiger partial charge in [-0.25, -0.2) is 8.78 Å². The average Bonchev–Trinajstić information content (AvgIpc) is 2.43. The first kappa shape index (κ1) is 15.4.